The number of nitrogens with zero attached hydrogens (tertiary/aromatic N) is 7. The lowest BCUT2D eigenvalue weighted by molar-refractivity contribution is -0.115. The minimum Gasteiger partial charge on any atom is -0.489 e. The van der Waals surface area contributed by atoms with Crippen LogP contribution in [0, 0.1) is 0 Å². The number of amides is 8. The first-order chi connectivity index (χ1) is 44.6. The van der Waals surface area contributed by atoms with Crippen LogP contribution in [0.4, 0.5) is 46.5 Å². The van der Waals surface area contributed by atoms with Gasteiger partial charge in [0.05, 0.1) is 0 Å². The minimum absolute atomic E-state index is 0.0412. The summed E-state index contributed by atoms with van der Waals surface area (Å²) >= 11 is 0. The van der Waals surface area contributed by atoms with Gasteiger partial charge in [-0.15, -0.1) is 0 Å². The Bertz CT molecular complexity index is 4160. The Kier molecular flexibility index (Phi) is 19.9. The molecule has 458 valence electrons. The number of hydrogen-bond donors (Lipinski definition) is 8. The fraction of sp³-hybridized carbons (Fsp3) is 0.0758. The van der Waals surface area contributed by atoms with Gasteiger partial charge in [0.1, 0.15) is 118 Å². The van der Waals surface area contributed by atoms with Crippen LogP contribution in [0.15, 0.2) is 200 Å². The summed E-state index contributed by atoms with van der Waals surface area (Å²) in [4.78, 5) is 137. The number of nitrogens with one attached hydrogen (secondary N) is 8. The van der Waals surface area contributed by atoms with E-state index in [1.165, 1.54) is 98.8 Å². The number of pyridine rings is 7. The van der Waals surface area contributed by atoms with Gasteiger partial charge < -0.3 is 56.7 Å². The van der Waals surface area contributed by atoms with Gasteiger partial charge in [-0.05, 0) is 65.2 Å². The Labute approximate surface area is 523 Å². The van der Waals surface area contributed by atoms with Crippen molar-refractivity contribution >= 4 is 93.8 Å². The van der Waals surface area contributed by atoms with Gasteiger partial charge in [-0.2, -0.15) is 0 Å². The van der Waals surface area contributed by atoms with E-state index in [4.69, 9.17) is 14.2 Å². The van der Waals surface area contributed by atoms with Gasteiger partial charge in [0.25, 0.3) is 35.4 Å². The molecule has 7 heterocycles. The lowest BCUT2D eigenvalue weighted by Crippen LogP contribution is -2.21. The highest BCUT2D eigenvalue weighted by Crippen LogP contribution is 2.24. The van der Waals surface area contributed by atoms with Crippen LogP contribution in [0.5, 0.6) is 17.2 Å². The number of carbonyl (C=O) groups excluding carboxylic acids is 8. The van der Waals surface area contributed by atoms with Crippen molar-refractivity contribution in [1.82, 2.24) is 34.9 Å². The van der Waals surface area contributed by atoms with Crippen molar-refractivity contribution in [3.05, 3.63) is 251 Å². The number of rotatable bonds is 23. The smallest absolute Gasteiger partial charge is 0.275 e. The standard InChI is InChI=1S/C66H53N15O11/c1-39(82)67-53-22-12-24-55(72-53)76-61(84)47-30-44(90-36-41-16-6-3-7-17-41)32-49(69-47)63(86)78-57-26-14-28-59(74-57)80-65(88)51-34-46(92-38-43-20-10-5-11-21-43)35-52(71-51)66(89)81-60-29-15-27-58(75-60)79-64(87)50-33-45(91-37-42-18-8-4-9-19-42)31-48(70-50)62(85)77-56-25-13-23-54(73-56)68-40(2)83/h3-35H,36-38H2,1-2H3,(H2,67,72,76,82,84)(H2,68,73,77,83,85)(H2,74,78,80,86,88)(H2,75,79,81,87,89). The topological polar surface area (TPSA) is 351 Å². The lowest BCUT2D eigenvalue weighted by atomic mass is 10.2. The molecule has 8 amide bonds. The summed E-state index contributed by atoms with van der Waals surface area (Å²) in [6.07, 6.45) is 0. The molecule has 0 spiro atoms. The van der Waals surface area contributed by atoms with E-state index in [1.54, 1.807) is 24.3 Å². The van der Waals surface area contributed by atoms with E-state index in [0.29, 0.717) is 0 Å². The molecular formula is C66H53N15O11. The number of benzene rings is 3. The van der Waals surface area contributed by atoms with E-state index >= 15 is 0 Å². The average molecular weight is 1230 g/mol. The van der Waals surface area contributed by atoms with Gasteiger partial charge in [-0.25, -0.2) is 34.9 Å². The van der Waals surface area contributed by atoms with Gasteiger partial charge in [0.2, 0.25) is 11.8 Å². The van der Waals surface area contributed by atoms with Crippen molar-refractivity contribution in [2.45, 2.75) is 33.7 Å². The Morgan fingerprint density at radius 1 is 0.261 bits per heavy atom. The predicted octanol–water partition coefficient (Wildman–Crippen LogP) is 9.62. The highest BCUT2D eigenvalue weighted by molar-refractivity contribution is 6.09. The molecule has 26 heteroatoms. The van der Waals surface area contributed by atoms with Crippen molar-refractivity contribution in [3.63, 3.8) is 0 Å². The maximum atomic E-state index is 14.1. The second-order valence-corrected chi connectivity index (χ2v) is 19.8. The number of anilines is 8. The Hall–Kier alpha value is -13.1. The Morgan fingerprint density at radius 2 is 0.457 bits per heavy atom. The van der Waals surface area contributed by atoms with E-state index in [0.717, 1.165) is 16.7 Å². The second kappa shape index (κ2) is 29.5. The van der Waals surface area contributed by atoms with Crippen LogP contribution in [-0.2, 0) is 29.4 Å². The molecule has 0 saturated carbocycles. The fourth-order valence-electron chi connectivity index (χ4n) is 8.43. The summed E-state index contributed by atoms with van der Waals surface area (Å²) in [5.41, 5.74) is 0.927. The van der Waals surface area contributed by atoms with Crippen molar-refractivity contribution in [2.75, 3.05) is 42.5 Å². The molecular weight excluding hydrogens is 1180 g/mol. The molecule has 0 bridgehead atoms. The molecule has 7 aromatic heterocycles. The van der Waals surface area contributed by atoms with E-state index < -0.39 is 35.4 Å². The Balaban J connectivity index is 0.845. The van der Waals surface area contributed by atoms with E-state index in [1.807, 2.05) is 91.0 Å². The first-order valence-electron chi connectivity index (χ1n) is 28.0. The number of hydrogen-bond acceptors (Lipinski definition) is 18. The highest BCUT2D eigenvalue weighted by atomic mass is 16.5. The molecule has 92 heavy (non-hydrogen) atoms. The Morgan fingerprint density at radius 3 is 0.652 bits per heavy atom. The number of carbonyl (C=O) groups is 8. The van der Waals surface area contributed by atoms with Crippen LogP contribution in [-0.4, -0.2) is 82.1 Å². The van der Waals surface area contributed by atoms with Crippen LogP contribution in [0.1, 0.15) is 93.5 Å². The summed E-state index contributed by atoms with van der Waals surface area (Å²) in [7, 11) is 0. The molecule has 0 aliphatic carbocycles. The van der Waals surface area contributed by atoms with Gasteiger partial charge in [0.15, 0.2) is 0 Å². The zero-order valence-electron chi connectivity index (χ0n) is 48.8. The molecule has 0 aliphatic rings. The molecule has 0 radical (unpaired) electrons. The summed E-state index contributed by atoms with van der Waals surface area (Å²) in [6, 6.07) is 53.6. The monoisotopic (exact) mass is 1230 g/mol. The van der Waals surface area contributed by atoms with Gasteiger partial charge in [-0.1, -0.05) is 115 Å². The number of ether oxygens (including phenoxy) is 3. The zero-order valence-corrected chi connectivity index (χ0v) is 48.8. The molecule has 0 aliphatic heterocycles. The molecule has 0 fully saturated rings. The van der Waals surface area contributed by atoms with E-state index in [2.05, 4.69) is 77.4 Å². The highest BCUT2D eigenvalue weighted by Gasteiger charge is 2.22. The molecule has 0 unspecified atom stereocenters. The van der Waals surface area contributed by atoms with Crippen molar-refractivity contribution in [1.29, 1.82) is 0 Å². The maximum Gasteiger partial charge on any atom is 0.275 e. The lowest BCUT2D eigenvalue weighted by Gasteiger charge is -2.13. The minimum atomic E-state index is -0.836. The van der Waals surface area contributed by atoms with Gasteiger partial charge >= 0.3 is 0 Å². The first kappa shape index (κ1) is 61.9. The van der Waals surface area contributed by atoms with Gasteiger partial charge in [0, 0.05) is 50.2 Å². The third-order valence-electron chi connectivity index (χ3n) is 12.6. The summed E-state index contributed by atoms with van der Waals surface area (Å²) in [5, 5.41) is 20.9. The quantitative estimate of drug-likeness (QED) is 0.0295. The van der Waals surface area contributed by atoms with Crippen molar-refractivity contribution in [3.8, 4) is 17.2 Å². The SMILES string of the molecule is CC(=O)Nc1cccc(NC(=O)c2cc(OCc3ccccc3)cc(C(=O)Nc3cccc(NC(=O)c4cc(OCc5ccccc5)cc(C(=O)Nc5cccc(NC(=O)c6cc(OCc7ccccc7)cc(C(=O)Nc7cccc(NC(C)=O)n7)n6)n5)n4)n3)n2)n1. The number of aromatic nitrogens is 7. The predicted molar refractivity (Wildman–Crippen MR) is 338 cm³/mol. The normalized spacial score (nSPS) is 10.5. The van der Waals surface area contributed by atoms with Crippen LogP contribution in [0.2, 0.25) is 0 Å². The molecule has 8 N–H and O–H groups in total. The largest absolute Gasteiger partial charge is 0.489 e. The van der Waals surface area contributed by atoms with Crippen molar-refractivity contribution < 1.29 is 52.6 Å². The van der Waals surface area contributed by atoms with Gasteiger partial charge in [-0.3, -0.25) is 38.4 Å². The average Bonchev–Trinajstić information content (AvgIpc) is 1.15. The molecule has 10 aromatic rings. The van der Waals surface area contributed by atoms with E-state index in [9.17, 15) is 38.4 Å². The molecule has 0 atom stereocenters. The van der Waals surface area contributed by atoms with Crippen molar-refractivity contribution in [2.24, 2.45) is 0 Å². The fourth-order valence-corrected chi connectivity index (χ4v) is 8.43. The summed E-state index contributed by atoms with van der Waals surface area (Å²) in [6.45, 7) is 2.85. The van der Waals surface area contributed by atoms with Crippen LogP contribution >= 0.6 is 0 Å². The summed E-state index contributed by atoms with van der Waals surface area (Å²) in [5.74, 6) is -4.79. The van der Waals surface area contributed by atoms with Crippen LogP contribution in [0.3, 0.4) is 0 Å². The first-order valence-corrected chi connectivity index (χ1v) is 28.0. The molecule has 26 nitrogen and oxygen atoms in total. The third-order valence-corrected chi connectivity index (χ3v) is 12.6. The molecule has 10 rings (SSSR count). The third kappa shape index (κ3) is 17.8. The zero-order chi connectivity index (χ0) is 64.3. The van der Waals surface area contributed by atoms with E-state index in [-0.39, 0.29) is 130 Å². The second-order valence-electron chi connectivity index (χ2n) is 19.8. The van der Waals surface area contributed by atoms with Crippen LogP contribution < -0.4 is 56.7 Å². The maximum absolute atomic E-state index is 14.1. The molecule has 0 saturated heterocycles. The molecule has 3 aromatic carbocycles. The van der Waals surface area contributed by atoms with Crippen LogP contribution in [0.25, 0.3) is 0 Å². The summed E-state index contributed by atoms with van der Waals surface area (Å²) < 4.78 is 18.1.